The van der Waals surface area contributed by atoms with E-state index in [0.717, 1.165) is 35.0 Å². The van der Waals surface area contributed by atoms with E-state index in [4.69, 9.17) is 0 Å². The Hall–Kier alpha value is -2.02. The number of halogens is 1. The average Bonchev–Trinajstić information content (AvgIpc) is 2.58. The molecule has 26 heavy (non-hydrogen) atoms. The Morgan fingerprint density at radius 1 is 1.27 bits per heavy atom. The highest BCUT2D eigenvalue weighted by Crippen LogP contribution is 2.22. The smallest absolute Gasteiger partial charge is 0.326 e. The molecule has 2 heterocycles. The summed E-state index contributed by atoms with van der Waals surface area (Å²) in [5.41, 5.74) is 1.68. The van der Waals surface area contributed by atoms with Gasteiger partial charge in [0.25, 0.3) is 0 Å². The zero-order chi connectivity index (χ0) is 19.1. The lowest BCUT2D eigenvalue weighted by Crippen LogP contribution is -2.31. The number of hydrogen-bond acceptors (Lipinski definition) is 5. The van der Waals surface area contributed by atoms with E-state index >= 15 is 0 Å². The molecule has 0 fully saturated rings. The number of rotatable bonds is 9. The number of nitrogens with one attached hydrogen (secondary N) is 1. The summed E-state index contributed by atoms with van der Waals surface area (Å²) in [5, 5.41) is 12.6. The number of aryl methyl sites for hydroxylation is 1. The summed E-state index contributed by atoms with van der Waals surface area (Å²) < 4.78 is 0.843. The van der Waals surface area contributed by atoms with Gasteiger partial charge in [-0.1, -0.05) is 27.2 Å². The monoisotopic (exact) mass is 420 g/mol. The lowest BCUT2D eigenvalue weighted by molar-refractivity contribution is -0.138. The molecule has 2 N–H and O–H groups in total. The first-order valence-corrected chi connectivity index (χ1v) is 9.66. The number of aromatic nitrogens is 3. The SMILES string of the molecule is CCCCc1cc(NC(CC(C)C)C(=O)O)nc(-c2cncc(Br)c2)n1. The number of carboxylic acids is 1. The van der Waals surface area contributed by atoms with E-state index in [2.05, 4.69) is 43.1 Å². The maximum absolute atomic E-state index is 11.6. The van der Waals surface area contributed by atoms with Crippen molar-refractivity contribution in [2.24, 2.45) is 5.92 Å². The maximum atomic E-state index is 11.6. The van der Waals surface area contributed by atoms with Gasteiger partial charge in [0.1, 0.15) is 11.9 Å². The number of carboxylic acid groups (broad SMARTS) is 1. The van der Waals surface area contributed by atoms with Crippen molar-refractivity contribution in [1.29, 1.82) is 0 Å². The molecule has 0 spiro atoms. The minimum Gasteiger partial charge on any atom is -0.480 e. The predicted octanol–water partition coefficient (Wildman–Crippen LogP) is 4.55. The molecule has 140 valence electrons. The Kier molecular flexibility index (Phi) is 7.50. The van der Waals surface area contributed by atoms with Gasteiger partial charge >= 0.3 is 5.97 Å². The van der Waals surface area contributed by atoms with E-state index in [1.165, 1.54) is 0 Å². The molecule has 0 aromatic carbocycles. The highest BCUT2D eigenvalue weighted by molar-refractivity contribution is 9.10. The first kappa shape index (κ1) is 20.3. The van der Waals surface area contributed by atoms with Gasteiger partial charge in [-0.05, 0) is 47.2 Å². The molecule has 0 aliphatic rings. The van der Waals surface area contributed by atoms with Gasteiger partial charge in [0, 0.05) is 34.2 Å². The molecule has 1 unspecified atom stereocenters. The van der Waals surface area contributed by atoms with Gasteiger partial charge < -0.3 is 10.4 Å². The van der Waals surface area contributed by atoms with E-state index in [-0.39, 0.29) is 5.92 Å². The van der Waals surface area contributed by atoms with Gasteiger partial charge in [-0.3, -0.25) is 4.98 Å². The third kappa shape index (κ3) is 6.05. The van der Waals surface area contributed by atoms with E-state index in [9.17, 15) is 9.90 Å². The molecule has 2 rings (SSSR count). The van der Waals surface area contributed by atoms with E-state index in [0.29, 0.717) is 18.1 Å². The summed E-state index contributed by atoms with van der Waals surface area (Å²) >= 11 is 3.41. The Morgan fingerprint density at radius 2 is 2.04 bits per heavy atom. The second-order valence-corrected chi connectivity index (χ2v) is 7.64. The number of unbranched alkanes of at least 4 members (excludes halogenated alkanes) is 1. The molecule has 0 saturated carbocycles. The number of aliphatic carboxylic acids is 1. The molecule has 0 saturated heterocycles. The number of hydrogen-bond donors (Lipinski definition) is 2. The van der Waals surface area contributed by atoms with Gasteiger partial charge in [0.05, 0.1) is 0 Å². The van der Waals surface area contributed by atoms with Crippen LogP contribution in [0.4, 0.5) is 5.82 Å². The van der Waals surface area contributed by atoms with Crippen molar-refractivity contribution < 1.29 is 9.90 Å². The number of nitrogens with zero attached hydrogens (tertiary/aromatic N) is 3. The summed E-state index contributed by atoms with van der Waals surface area (Å²) in [6.07, 6.45) is 6.83. The molecule has 0 amide bonds. The summed E-state index contributed by atoms with van der Waals surface area (Å²) in [4.78, 5) is 24.9. The highest BCUT2D eigenvalue weighted by atomic mass is 79.9. The van der Waals surface area contributed by atoms with Crippen LogP contribution in [0.15, 0.2) is 29.0 Å². The average molecular weight is 421 g/mol. The van der Waals surface area contributed by atoms with Crippen molar-refractivity contribution in [3.05, 3.63) is 34.7 Å². The Morgan fingerprint density at radius 3 is 2.65 bits per heavy atom. The fourth-order valence-electron chi connectivity index (χ4n) is 2.59. The van der Waals surface area contributed by atoms with E-state index < -0.39 is 12.0 Å². The fourth-order valence-corrected chi connectivity index (χ4v) is 2.96. The van der Waals surface area contributed by atoms with Gasteiger partial charge in [0.15, 0.2) is 5.82 Å². The lowest BCUT2D eigenvalue weighted by Gasteiger charge is -2.18. The zero-order valence-corrected chi connectivity index (χ0v) is 17.0. The first-order chi connectivity index (χ1) is 12.4. The Balaban J connectivity index is 2.37. The van der Waals surface area contributed by atoms with Crippen molar-refractivity contribution in [2.75, 3.05) is 5.32 Å². The van der Waals surface area contributed by atoms with E-state index in [1.807, 2.05) is 26.0 Å². The van der Waals surface area contributed by atoms with Crippen LogP contribution in [0.5, 0.6) is 0 Å². The Bertz CT molecular complexity index is 752. The molecule has 0 radical (unpaired) electrons. The van der Waals surface area contributed by atoms with Crippen LogP contribution in [0.1, 0.15) is 45.7 Å². The highest BCUT2D eigenvalue weighted by Gasteiger charge is 2.20. The summed E-state index contributed by atoms with van der Waals surface area (Å²) in [6.45, 7) is 6.13. The lowest BCUT2D eigenvalue weighted by atomic mass is 10.0. The predicted molar refractivity (Wildman–Crippen MR) is 106 cm³/mol. The van der Waals surface area contributed by atoms with Crippen LogP contribution in [0.3, 0.4) is 0 Å². The molecule has 1 atom stereocenters. The quantitative estimate of drug-likeness (QED) is 0.618. The van der Waals surface area contributed by atoms with Gasteiger partial charge in [-0.2, -0.15) is 0 Å². The number of anilines is 1. The third-order valence-corrected chi connectivity index (χ3v) is 4.29. The van der Waals surface area contributed by atoms with Crippen LogP contribution in [-0.4, -0.2) is 32.1 Å². The molecular weight excluding hydrogens is 396 g/mol. The topological polar surface area (TPSA) is 88.0 Å². The minimum atomic E-state index is -0.877. The largest absolute Gasteiger partial charge is 0.480 e. The van der Waals surface area contributed by atoms with Gasteiger partial charge in [-0.25, -0.2) is 14.8 Å². The van der Waals surface area contributed by atoms with Crippen molar-refractivity contribution in [2.45, 2.75) is 52.5 Å². The van der Waals surface area contributed by atoms with Crippen molar-refractivity contribution in [3.8, 4) is 11.4 Å². The van der Waals surface area contributed by atoms with Crippen LogP contribution in [0.25, 0.3) is 11.4 Å². The molecular formula is C19H25BrN4O2. The van der Waals surface area contributed by atoms with Crippen LogP contribution in [0.2, 0.25) is 0 Å². The summed E-state index contributed by atoms with van der Waals surface area (Å²) in [6, 6.07) is 3.07. The van der Waals surface area contributed by atoms with Crippen LogP contribution in [0, 0.1) is 5.92 Å². The molecule has 6 nitrogen and oxygen atoms in total. The van der Waals surface area contributed by atoms with Gasteiger partial charge in [-0.15, -0.1) is 0 Å². The number of pyridine rings is 1. The van der Waals surface area contributed by atoms with Crippen LogP contribution < -0.4 is 5.32 Å². The molecule has 0 bridgehead atoms. The standard InChI is InChI=1S/C19H25BrN4O2/c1-4-5-6-15-9-17(23-16(19(25)26)7-12(2)3)24-18(22-15)13-8-14(20)11-21-10-13/h8-12,16H,4-7H2,1-3H3,(H,25,26)(H,22,23,24). The summed E-state index contributed by atoms with van der Waals surface area (Å²) in [7, 11) is 0. The zero-order valence-electron chi connectivity index (χ0n) is 15.4. The van der Waals surface area contributed by atoms with E-state index in [1.54, 1.807) is 12.4 Å². The fraction of sp³-hybridized carbons (Fsp3) is 0.474. The second-order valence-electron chi connectivity index (χ2n) is 6.73. The molecule has 7 heteroatoms. The number of carbonyl (C=O) groups is 1. The maximum Gasteiger partial charge on any atom is 0.326 e. The Labute approximate surface area is 162 Å². The summed E-state index contributed by atoms with van der Waals surface area (Å²) in [5.74, 6) is 0.467. The van der Waals surface area contributed by atoms with Crippen LogP contribution in [-0.2, 0) is 11.2 Å². The molecule has 0 aliphatic carbocycles. The van der Waals surface area contributed by atoms with Crippen LogP contribution >= 0.6 is 15.9 Å². The second kappa shape index (κ2) is 9.62. The van der Waals surface area contributed by atoms with Crippen molar-refractivity contribution in [1.82, 2.24) is 15.0 Å². The van der Waals surface area contributed by atoms with Gasteiger partial charge in [0.2, 0.25) is 0 Å². The molecule has 2 aromatic heterocycles. The van der Waals surface area contributed by atoms with Crippen molar-refractivity contribution >= 4 is 27.7 Å². The third-order valence-electron chi connectivity index (χ3n) is 3.86. The normalized spacial score (nSPS) is 12.2. The molecule has 0 aliphatic heterocycles. The molecule has 2 aromatic rings. The minimum absolute atomic E-state index is 0.263. The van der Waals surface area contributed by atoms with Crippen molar-refractivity contribution in [3.63, 3.8) is 0 Å². The first-order valence-electron chi connectivity index (χ1n) is 8.87.